The molecule has 0 radical (unpaired) electrons. The first-order valence-corrected chi connectivity index (χ1v) is 14.5. The highest BCUT2D eigenvalue weighted by Gasteiger charge is 2.27. The first-order valence-electron chi connectivity index (χ1n) is 14.5. The van der Waals surface area contributed by atoms with Crippen LogP contribution in [-0.4, -0.2) is 67.0 Å². The quantitative estimate of drug-likeness (QED) is 0.0698. The van der Waals surface area contributed by atoms with Gasteiger partial charge in [0, 0.05) is 26.2 Å². The molecule has 3 aromatic rings. The molecular weight excluding hydrogens is 576 g/mol. The SMILES string of the molecule is NCC(=O)NCCNC(=O)NC(N)=NCCC[C@@H](NC(=O)C(c1ccccc1)c1ccccc1)C(=O)NCc1ccc(O)cc1. The molecule has 3 aromatic carbocycles. The van der Waals surface area contributed by atoms with Gasteiger partial charge in [-0.3, -0.25) is 24.7 Å². The number of urea groups is 1. The second kappa shape index (κ2) is 18.3. The zero-order chi connectivity index (χ0) is 32.4. The molecule has 0 spiro atoms. The zero-order valence-corrected chi connectivity index (χ0v) is 24.9. The van der Waals surface area contributed by atoms with Crippen LogP contribution >= 0.6 is 0 Å². The summed E-state index contributed by atoms with van der Waals surface area (Å²) < 4.78 is 0. The Hall–Kier alpha value is -5.43. The molecule has 45 heavy (non-hydrogen) atoms. The van der Waals surface area contributed by atoms with Gasteiger partial charge in [0.15, 0.2) is 5.96 Å². The van der Waals surface area contributed by atoms with Crippen molar-refractivity contribution in [2.75, 3.05) is 26.2 Å². The maximum atomic E-state index is 13.7. The molecule has 0 heterocycles. The van der Waals surface area contributed by atoms with Crippen LogP contribution in [0.4, 0.5) is 4.79 Å². The van der Waals surface area contributed by atoms with Crippen molar-refractivity contribution in [2.45, 2.75) is 31.3 Å². The van der Waals surface area contributed by atoms with E-state index in [4.69, 9.17) is 11.5 Å². The van der Waals surface area contributed by atoms with Gasteiger partial charge in [0.25, 0.3) is 0 Å². The van der Waals surface area contributed by atoms with E-state index < -0.39 is 18.0 Å². The number of guanidine groups is 1. The van der Waals surface area contributed by atoms with Crippen molar-refractivity contribution in [3.8, 4) is 5.75 Å². The lowest BCUT2D eigenvalue weighted by molar-refractivity contribution is -0.129. The Morgan fingerprint density at radius 2 is 1.38 bits per heavy atom. The van der Waals surface area contributed by atoms with Crippen LogP contribution in [0.1, 0.15) is 35.4 Å². The third kappa shape index (κ3) is 12.0. The minimum Gasteiger partial charge on any atom is -0.508 e. The molecule has 1 atom stereocenters. The Labute approximate surface area is 261 Å². The lowest BCUT2D eigenvalue weighted by Crippen LogP contribution is -2.48. The number of hydrogen-bond acceptors (Lipinski definition) is 7. The Bertz CT molecular complexity index is 1380. The van der Waals surface area contributed by atoms with Crippen LogP contribution in [0.25, 0.3) is 0 Å². The van der Waals surface area contributed by atoms with Gasteiger partial charge in [0.05, 0.1) is 12.5 Å². The summed E-state index contributed by atoms with van der Waals surface area (Å²) in [4.78, 5) is 54.4. The van der Waals surface area contributed by atoms with Gasteiger partial charge < -0.3 is 37.8 Å². The van der Waals surface area contributed by atoms with Gasteiger partial charge in [-0.25, -0.2) is 4.79 Å². The summed E-state index contributed by atoms with van der Waals surface area (Å²) in [6, 6.07) is 23.6. The lowest BCUT2D eigenvalue weighted by Gasteiger charge is -2.23. The Morgan fingerprint density at radius 1 is 0.778 bits per heavy atom. The highest BCUT2D eigenvalue weighted by atomic mass is 16.3. The molecule has 5 amide bonds. The molecule has 10 N–H and O–H groups in total. The van der Waals surface area contributed by atoms with Crippen LogP contribution in [0.15, 0.2) is 89.9 Å². The third-order valence-electron chi connectivity index (χ3n) is 6.66. The minimum absolute atomic E-state index is 0.117. The van der Waals surface area contributed by atoms with E-state index in [1.807, 2.05) is 60.7 Å². The number of nitrogens with one attached hydrogen (secondary N) is 5. The van der Waals surface area contributed by atoms with Crippen molar-refractivity contribution in [3.05, 3.63) is 102 Å². The van der Waals surface area contributed by atoms with Crippen molar-refractivity contribution >= 4 is 29.7 Å². The van der Waals surface area contributed by atoms with Crippen LogP contribution in [-0.2, 0) is 20.9 Å². The second-order valence-electron chi connectivity index (χ2n) is 10.0. The van der Waals surface area contributed by atoms with Crippen molar-refractivity contribution in [1.82, 2.24) is 26.6 Å². The minimum atomic E-state index is -0.888. The summed E-state index contributed by atoms with van der Waals surface area (Å²) >= 11 is 0. The van der Waals surface area contributed by atoms with E-state index >= 15 is 0 Å². The lowest BCUT2D eigenvalue weighted by atomic mass is 9.90. The number of benzene rings is 3. The number of amides is 5. The number of nitrogens with zero attached hydrogens (tertiary/aromatic N) is 1. The Balaban J connectivity index is 1.64. The number of phenols is 1. The van der Waals surface area contributed by atoms with Crippen LogP contribution < -0.4 is 38.1 Å². The van der Waals surface area contributed by atoms with E-state index in [2.05, 4.69) is 31.6 Å². The molecular formula is C32H40N8O5. The van der Waals surface area contributed by atoms with Crippen molar-refractivity contribution in [1.29, 1.82) is 0 Å². The maximum Gasteiger partial charge on any atom is 0.321 e. The first kappa shape index (κ1) is 34.1. The van der Waals surface area contributed by atoms with Crippen LogP contribution in [0.2, 0.25) is 0 Å². The fourth-order valence-electron chi connectivity index (χ4n) is 4.38. The molecule has 0 aromatic heterocycles. The smallest absolute Gasteiger partial charge is 0.321 e. The van der Waals surface area contributed by atoms with Gasteiger partial charge in [-0.1, -0.05) is 72.8 Å². The molecule has 0 aliphatic rings. The van der Waals surface area contributed by atoms with E-state index in [1.165, 1.54) is 12.1 Å². The summed E-state index contributed by atoms with van der Waals surface area (Å²) in [5.41, 5.74) is 13.4. The zero-order valence-electron chi connectivity index (χ0n) is 24.9. The first-order chi connectivity index (χ1) is 21.8. The number of aromatic hydroxyl groups is 1. The topological polar surface area (TPSA) is 213 Å². The molecule has 0 unspecified atom stereocenters. The number of carbonyl (C=O) groups is 4. The summed E-state index contributed by atoms with van der Waals surface area (Å²) in [6.45, 7) is 0.608. The standard InChI is InChI=1S/C32H40N8O5/c33-20-27(42)35-18-19-37-32(45)40-31(34)36-17-7-12-26(29(43)38-21-22-13-15-25(41)16-14-22)39-30(44)28(23-8-3-1-4-9-23)24-10-5-2-6-11-24/h1-6,8-11,13-16,26,28,41H,7,12,17-21,33H2,(H,35,42)(H,38,43)(H,39,44)(H4,34,36,37,40,45)/t26-/m1/s1. The van der Waals surface area contributed by atoms with E-state index in [1.54, 1.807) is 12.1 Å². The Morgan fingerprint density at radius 3 is 1.98 bits per heavy atom. The van der Waals surface area contributed by atoms with Gasteiger partial charge in [-0.15, -0.1) is 0 Å². The van der Waals surface area contributed by atoms with Gasteiger partial charge in [0.2, 0.25) is 17.7 Å². The second-order valence-corrected chi connectivity index (χ2v) is 10.0. The molecule has 3 rings (SSSR count). The van der Waals surface area contributed by atoms with Gasteiger partial charge in [-0.05, 0) is 41.7 Å². The largest absolute Gasteiger partial charge is 0.508 e. The summed E-state index contributed by atoms with van der Waals surface area (Å²) in [5.74, 6) is -1.69. The van der Waals surface area contributed by atoms with Crippen LogP contribution in [0.5, 0.6) is 5.75 Å². The van der Waals surface area contributed by atoms with Gasteiger partial charge >= 0.3 is 6.03 Å². The summed E-state index contributed by atoms with van der Waals surface area (Å²) in [6.07, 6.45) is 0.612. The van der Waals surface area contributed by atoms with E-state index in [9.17, 15) is 24.3 Å². The van der Waals surface area contributed by atoms with E-state index in [-0.39, 0.29) is 68.6 Å². The van der Waals surface area contributed by atoms with E-state index in [0.717, 1.165) is 16.7 Å². The highest BCUT2D eigenvalue weighted by Crippen LogP contribution is 2.25. The molecule has 0 saturated heterocycles. The van der Waals surface area contributed by atoms with Crippen LogP contribution in [0, 0.1) is 0 Å². The monoisotopic (exact) mass is 616 g/mol. The summed E-state index contributed by atoms with van der Waals surface area (Å²) in [5, 5.41) is 22.8. The highest BCUT2D eigenvalue weighted by molar-refractivity contribution is 5.95. The number of aliphatic imine (C=N–C) groups is 1. The normalized spacial score (nSPS) is 11.7. The summed E-state index contributed by atoms with van der Waals surface area (Å²) in [7, 11) is 0. The van der Waals surface area contributed by atoms with E-state index in [0.29, 0.717) is 6.42 Å². The fraction of sp³-hybridized carbons (Fsp3) is 0.281. The average Bonchev–Trinajstić information content (AvgIpc) is 3.05. The average molecular weight is 617 g/mol. The molecule has 13 nitrogen and oxygen atoms in total. The van der Waals surface area contributed by atoms with Gasteiger partial charge in [-0.2, -0.15) is 0 Å². The molecule has 0 aliphatic heterocycles. The maximum absolute atomic E-state index is 13.7. The molecule has 13 heteroatoms. The third-order valence-corrected chi connectivity index (χ3v) is 6.66. The number of hydrogen-bond donors (Lipinski definition) is 8. The molecule has 0 aliphatic carbocycles. The van der Waals surface area contributed by atoms with Crippen LogP contribution in [0.3, 0.4) is 0 Å². The Kier molecular flexibility index (Phi) is 13.8. The molecule has 0 saturated carbocycles. The molecule has 238 valence electrons. The molecule has 0 bridgehead atoms. The number of rotatable bonds is 15. The van der Waals surface area contributed by atoms with Crippen molar-refractivity contribution in [2.24, 2.45) is 16.5 Å². The van der Waals surface area contributed by atoms with Crippen molar-refractivity contribution < 1.29 is 24.3 Å². The number of nitrogens with two attached hydrogens (primary N) is 2. The number of phenolic OH excluding ortho intramolecular Hbond substituents is 1. The van der Waals surface area contributed by atoms with Crippen molar-refractivity contribution in [3.63, 3.8) is 0 Å². The molecule has 0 fully saturated rings. The number of carbonyl (C=O) groups excluding carboxylic acids is 4. The predicted octanol–water partition coefficient (Wildman–Crippen LogP) is 0.794. The van der Waals surface area contributed by atoms with Gasteiger partial charge in [0.1, 0.15) is 11.8 Å². The fourth-order valence-corrected chi connectivity index (χ4v) is 4.38. The predicted molar refractivity (Wildman–Crippen MR) is 171 cm³/mol.